The van der Waals surface area contributed by atoms with Crippen LogP contribution in [0.2, 0.25) is 0 Å². The molecule has 0 saturated heterocycles. The molecule has 0 aliphatic carbocycles. The zero-order valence-electron chi connectivity index (χ0n) is 5.40. The van der Waals surface area contributed by atoms with Crippen LogP contribution in [0.15, 0.2) is 0 Å². The standard InChI is InChI=1S/C4H8N4O/c1-3-9-4-5-7-8(2)6-4/h3H2,1-2H3. The number of hydrogen-bond donors (Lipinski definition) is 0. The van der Waals surface area contributed by atoms with E-state index in [4.69, 9.17) is 4.74 Å². The van der Waals surface area contributed by atoms with Gasteiger partial charge in [0.2, 0.25) is 0 Å². The van der Waals surface area contributed by atoms with Gasteiger partial charge >= 0.3 is 6.01 Å². The predicted molar refractivity (Wildman–Crippen MR) is 30.0 cm³/mol. The molecule has 50 valence electrons. The van der Waals surface area contributed by atoms with E-state index in [0.717, 1.165) is 0 Å². The number of ether oxygens (including phenoxy) is 1. The topological polar surface area (TPSA) is 52.8 Å². The van der Waals surface area contributed by atoms with Crippen LogP contribution >= 0.6 is 0 Å². The molecule has 5 heteroatoms. The minimum Gasteiger partial charge on any atom is -0.462 e. The van der Waals surface area contributed by atoms with Gasteiger partial charge in [-0.1, -0.05) is 10.2 Å². The van der Waals surface area contributed by atoms with E-state index < -0.39 is 0 Å². The highest BCUT2D eigenvalue weighted by atomic mass is 16.5. The summed E-state index contributed by atoms with van der Waals surface area (Å²) in [4.78, 5) is 1.35. The molecule has 0 amide bonds. The minimum absolute atomic E-state index is 0.333. The molecule has 0 N–H and O–H groups in total. The lowest BCUT2D eigenvalue weighted by atomic mass is 10.9. The fourth-order valence-corrected chi connectivity index (χ4v) is 0.454. The first kappa shape index (κ1) is 6.00. The monoisotopic (exact) mass is 128 g/mol. The van der Waals surface area contributed by atoms with Gasteiger partial charge in [-0.2, -0.15) is 4.80 Å². The normalized spacial score (nSPS) is 9.56. The molecule has 0 bridgehead atoms. The predicted octanol–water partition coefficient (Wildman–Crippen LogP) is -0.391. The second kappa shape index (κ2) is 2.43. The molecular formula is C4H8N4O. The van der Waals surface area contributed by atoms with Crippen LogP contribution in [0.25, 0.3) is 0 Å². The van der Waals surface area contributed by atoms with Gasteiger partial charge in [0, 0.05) is 0 Å². The molecule has 5 nitrogen and oxygen atoms in total. The summed E-state index contributed by atoms with van der Waals surface area (Å²) in [5.41, 5.74) is 0. The molecule has 0 fully saturated rings. The van der Waals surface area contributed by atoms with Crippen molar-refractivity contribution in [2.24, 2.45) is 7.05 Å². The van der Waals surface area contributed by atoms with Crippen molar-refractivity contribution < 1.29 is 4.74 Å². The van der Waals surface area contributed by atoms with Crippen molar-refractivity contribution in [3.63, 3.8) is 0 Å². The first-order valence-corrected chi connectivity index (χ1v) is 2.69. The van der Waals surface area contributed by atoms with E-state index in [1.165, 1.54) is 4.80 Å². The molecule has 1 heterocycles. The Labute approximate surface area is 52.6 Å². The summed E-state index contributed by atoms with van der Waals surface area (Å²) in [5, 5.41) is 10.9. The van der Waals surface area contributed by atoms with Gasteiger partial charge < -0.3 is 4.74 Å². The number of aromatic nitrogens is 4. The van der Waals surface area contributed by atoms with Gasteiger partial charge in [0.05, 0.1) is 13.7 Å². The van der Waals surface area contributed by atoms with Crippen LogP contribution in [0.5, 0.6) is 6.01 Å². The molecule has 1 rings (SSSR count). The smallest absolute Gasteiger partial charge is 0.356 e. The fraction of sp³-hybridized carbons (Fsp3) is 0.750. The second-order valence-corrected chi connectivity index (χ2v) is 1.49. The summed E-state index contributed by atoms with van der Waals surface area (Å²) in [6.07, 6.45) is 0. The van der Waals surface area contributed by atoms with E-state index in [-0.39, 0.29) is 0 Å². The van der Waals surface area contributed by atoms with Crippen LogP contribution in [0.4, 0.5) is 0 Å². The van der Waals surface area contributed by atoms with Gasteiger partial charge in [-0.3, -0.25) is 0 Å². The zero-order valence-corrected chi connectivity index (χ0v) is 5.40. The summed E-state index contributed by atoms with van der Waals surface area (Å²) < 4.78 is 4.92. The maximum atomic E-state index is 4.92. The molecule has 1 aromatic rings. The Morgan fingerprint density at radius 1 is 1.67 bits per heavy atom. The number of hydrogen-bond acceptors (Lipinski definition) is 4. The van der Waals surface area contributed by atoms with Gasteiger partial charge in [0.25, 0.3) is 0 Å². The highest BCUT2D eigenvalue weighted by Gasteiger charge is 1.95. The molecule has 9 heavy (non-hydrogen) atoms. The van der Waals surface area contributed by atoms with E-state index in [1.54, 1.807) is 7.05 Å². The molecule has 0 atom stereocenters. The first-order valence-electron chi connectivity index (χ1n) is 2.69. The van der Waals surface area contributed by atoms with Crippen molar-refractivity contribution in [1.82, 2.24) is 20.2 Å². The van der Waals surface area contributed by atoms with Crippen LogP contribution in [-0.2, 0) is 7.05 Å². The van der Waals surface area contributed by atoms with Crippen LogP contribution in [0.1, 0.15) is 6.92 Å². The van der Waals surface area contributed by atoms with Crippen LogP contribution in [-0.4, -0.2) is 26.8 Å². The van der Waals surface area contributed by atoms with Crippen LogP contribution in [0, 0.1) is 0 Å². The molecule has 0 aliphatic heterocycles. The Kier molecular flexibility index (Phi) is 1.62. The van der Waals surface area contributed by atoms with Gasteiger partial charge in [-0.15, -0.1) is 0 Å². The van der Waals surface area contributed by atoms with Crippen molar-refractivity contribution >= 4 is 0 Å². The van der Waals surface area contributed by atoms with Gasteiger partial charge in [0.1, 0.15) is 0 Å². The highest BCUT2D eigenvalue weighted by Crippen LogP contribution is 1.93. The highest BCUT2D eigenvalue weighted by molar-refractivity contribution is 4.80. The maximum Gasteiger partial charge on any atom is 0.356 e. The van der Waals surface area contributed by atoms with E-state index in [0.29, 0.717) is 12.6 Å². The second-order valence-electron chi connectivity index (χ2n) is 1.49. The SMILES string of the molecule is CCOc1nnn(C)n1. The lowest BCUT2D eigenvalue weighted by Crippen LogP contribution is -1.95. The summed E-state index contributed by atoms with van der Waals surface area (Å²) >= 11 is 0. The zero-order chi connectivity index (χ0) is 6.69. The molecule has 1 aromatic heterocycles. The van der Waals surface area contributed by atoms with Gasteiger partial charge in [-0.05, 0) is 12.1 Å². The number of nitrogens with zero attached hydrogens (tertiary/aromatic N) is 4. The van der Waals surface area contributed by atoms with Gasteiger partial charge in [-0.25, -0.2) is 0 Å². The first-order chi connectivity index (χ1) is 4.33. The summed E-state index contributed by atoms with van der Waals surface area (Å²) in [5.74, 6) is 0. The maximum absolute atomic E-state index is 4.92. The average Bonchev–Trinajstić information content (AvgIpc) is 2.17. The molecule has 0 radical (unpaired) electrons. The Bertz CT molecular complexity index is 184. The summed E-state index contributed by atoms with van der Waals surface area (Å²) in [7, 11) is 1.69. The van der Waals surface area contributed by atoms with Crippen LogP contribution < -0.4 is 4.74 Å². The van der Waals surface area contributed by atoms with Crippen molar-refractivity contribution in [3.8, 4) is 6.01 Å². The number of aryl methyl sites for hydroxylation is 1. The molecule has 0 unspecified atom stereocenters. The number of rotatable bonds is 2. The van der Waals surface area contributed by atoms with Crippen LogP contribution in [0.3, 0.4) is 0 Å². The molecule has 0 saturated carbocycles. The molecule has 0 aromatic carbocycles. The third-order valence-electron chi connectivity index (χ3n) is 0.763. The quantitative estimate of drug-likeness (QED) is 0.544. The number of tetrazole rings is 1. The minimum atomic E-state index is 0.333. The molecule has 0 spiro atoms. The Morgan fingerprint density at radius 2 is 2.44 bits per heavy atom. The van der Waals surface area contributed by atoms with Crippen molar-refractivity contribution in [2.75, 3.05) is 6.61 Å². The van der Waals surface area contributed by atoms with Gasteiger partial charge in [0.15, 0.2) is 0 Å². The lowest BCUT2D eigenvalue weighted by Gasteiger charge is -1.89. The van der Waals surface area contributed by atoms with E-state index in [2.05, 4.69) is 15.4 Å². The van der Waals surface area contributed by atoms with Crippen molar-refractivity contribution in [1.29, 1.82) is 0 Å². The summed E-state index contributed by atoms with van der Waals surface area (Å²) in [6.45, 7) is 2.45. The van der Waals surface area contributed by atoms with E-state index in [9.17, 15) is 0 Å². The van der Waals surface area contributed by atoms with Crippen molar-refractivity contribution in [2.45, 2.75) is 6.92 Å². The van der Waals surface area contributed by atoms with E-state index >= 15 is 0 Å². The Hall–Kier alpha value is -1.13. The lowest BCUT2D eigenvalue weighted by molar-refractivity contribution is 0.311. The molecular weight excluding hydrogens is 120 g/mol. The third-order valence-corrected chi connectivity index (χ3v) is 0.763. The Morgan fingerprint density at radius 3 is 2.89 bits per heavy atom. The fourth-order valence-electron chi connectivity index (χ4n) is 0.454. The third kappa shape index (κ3) is 1.38. The average molecular weight is 128 g/mol. The van der Waals surface area contributed by atoms with Crippen molar-refractivity contribution in [3.05, 3.63) is 0 Å². The molecule has 0 aliphatic rings. The largest absolute Gasteiger partial charge is 0.462 e. The summed E-state index contributed by atoms with van der Waals surface area (Å²) in [6, 6.07) is 0.333. The Balaban J connectivity index is 2.61. The van der Waals surface area contributed by atoms with E-state index in [1.807, 2.05) is 6.92 Å².